The lowest BCUT2D eigenvalue weighted by molar-refractivity contribution is 0.463. The smallest absolute Gasteiger partial charge is 0.228 e. The minimum absolute atomic E-state index is 0.478. The molecule has 0 spiro atoms. The number of nitrogen functional groups attached to an aromatic ring is 1. The molecule has 0 saturated carbocycles. The van der Waals surface area contributed by atoms with Crippen LogP contribution in [0.3, 0.4) is 0 Å². The third kappa shape index (κ3) is 2.51. The number of ether oxygens (including phenoxy) is 1. The summed E-state index contributed by atoms with van der Waals surface area (Å²) in [6.07, 6.45) is 1.66. The highest BCUT2D eigenvalue weighted by molar-refractivity contribution is 5.58. The second-order valence-electron chi connectivity index (χ2n) is 4.18. The molecular weight excluding hydrogens is 228 g/mol. The van der Waals surface area contributed by atoms with Gasteiger partial charge in [0.2, 0.25) is 11.8 Å². The van der Waals surface area contributed by atoms with Crippen LogP contribution in [0.25, 0.3) is 0 Å². The standard InChI is InChI=1S/C13H16N4O/c1-9-5-4-6-10(12(9)14)18-11-7-8-15-13(16-11)17(2)3/h4-8H,14H2,1-3H3. The van der Waals surface area contributed by atoms with E-state index in [4.69, 9.17) is 10.5 Å². The van der Waals surface area contributed by atoms with Gasteiger partial charge in [-0.1, -0.05) is 12.1 Å². The first-order valence-electron chi connectivity index (χ1n) is 5.61. The molecule has 5 nitrogen and oxygen atoms in total. The summed E-state index contributed by atoms with van der Waals surface area (Å²) in [4.78, 5) is 10.2. The topological polar surface area (TPSA) is 64.3 Å². The summed E-state index contributed by atoms with van der Waals surface area (Å²) in [5.74, 6) is 1.68. The van der Waals surface area contributed by atoms with E-state index in [0.717, 1.165) is 5.56 Å². The number of hydrogen-bond acceptors (Lipinski definition) is 5. The molecule has 18 heavy (non-hydrogen) atoms. The van der Waals surface area contributed by atoms with Crippen LogP contribution >= 0.6 is 0 Å². The van der Waals surface area contributed by atoms with Gasteiger partial charge in [-0.3, -0.25) is 0 Å². The van der Waals surface area contributed by atoms with Crippen LogP contribution in [0.15, 0.2) is 30.5 Å². The molecule has 5 heteroatoms. The zero-order valence-corrected chi connectivity index (χ0v) is 10.7. The summed E-state index contributed by atoms with van der Waals surface area (Å²) in [5.41, 5.74) is 7.56. The van der Waals surface area contributed by atoms with Crippen molar-refractivity contribution in [3.8, 4) is 11.6 Å². The molecule has 94 valence electrons. The molecule has 1 heterocycles. The van der Waals surface area contributed by atoms with Gasteiger partial charge in [0.1, 0.15) is 0 Å². The molecule has 0 bridgehead atoms. The van der Waals surface area contributed by atoms with Gasteiger partial charge in [0, 0.05) is 26.4 Å². The summed E-state index contributed by atoms with van der Waals surface area (Å²) in [6, 6.07) is 7.36. The van der Waals surface area contributed by atoms with E-state index < -0.39 is 0 Å². The maximum Gasteiger partial charge on any atom is 0.228 e. The molecular formula is C13H16N4O. The molecule has 0 saturated heterocycles. The highest BCUT2D eigenvalue weighted by Crippen LogP contribution is 2.28. The monoisotopic (exact) mass is 244 g/mol. The van der Waals surface area contributed by atoms with Crippen molar-refractivity contribution in [3.05, 3.63) is 36.0 Å². The maximum atomic E-state index is 5.95. The van der Waals surface area contributed by atoms with Crippen molar-refractivity contribution in [2.75, 3.05) is 24.7 Å². The van der Waals surface area contributed by atoms with Gasteiger partial charge >= 0.3 is 0 Å². The van der Waals surface area contributed by atoms with Crippen LogP contribution in [0, 0.1) is 6.92 Å². The highest BCUT2D eigenvalue weighted by Gasteiger charge is 2.06. The third-order valence-corrected chi connectivity index (χ3v) is 2.52. The SMILES string of the molecule is Cc1cccc(Oc2ccnc(N(C)C)n2)c1N. The molecule has 0 atom stereocenters. The summed E-state index contributed by atoms with van der Waals surface area (Å²) in [5, 5.41) is 0. The predicted octanol–water partition coefficient (Wildman–Crippen LogP) is 2.23. The van der Waals surface area contributed by atoms with E-state index in [1.807, 2.05) is 44.1 Å². The van der Waals surface area contributed by atoms with Crippen molar-refractivity contribution in [2.24, 2.45) is 0 Å². The maximum absolute atomic E-state index is 5.95. The summed E-state index contributed by atoms with van der Waals surface area (Å²) in [6.45, 7) is 1.94. The zero-order chi connectivity index (χ0) is 13.1. The Morgan fingerprint density at radius 1 is 1.22 bits per heavy atom. The van der Waals surface area contributed by atoms with E-state index in [-0.39, 0.29) is 0 Å². The van der Waals surface area contributed by atoms with E-state index in [0.29, 0.717) is 23.3 Å². The molecule has 2 rings (SSSR count). The summed E-state index contributed by atoms with van der Waals surface area (Å²) >= 11 is 0. The molecule has 2 aromatic rings. The van der Waals surface area contributed by atoms with Crippen molar-refractivity contribution in [1.29, 1.82) is 0 Å². The zero-order valence-electron chi connectivity index (χ0n) is 10.7. The Balaban J connectivity index is 2.28. The Morgan fingerprint density at radius 3 is 2.72 bits per heavy atom. The fourth-order valence-corrected chi connectivity index (χ4v) is 1.46. The minimum Gasteiger partial charge on any atom is -0.437 e. The second kappa shape index (κ2) is 4.91. The van der Waals surface area contributed by atoms with Crippen LogP contribution in [-0.4, -0.2) is 24.1 Å². The lowest BCUT2D eigenvalue weighted by Gasteiger charge is -2.12. The molecule has 0 aliphatic rings. The number of anilines is 2. The Kier molecular flexibility index (Phi) is 3.32. The van der Waals surface area contributed by atoms with E-state index in [2.05, 4.69) is 9.97 Å². The molecule has 0 unspecified atom stereocenters. The molecule has 2 N–H and O–H groups in total. The van der Waals surface area contributed by atoms with Crippen LogP contribution in [-0.2, 0) is 0 Å². The Labute approximate surface area is 106 Å². The second-order valence-corrected chi connectivity index (χ2v) is 4.18. The normalized spacial score (nSPS) is 10.2. The van der Waals surface area contributed by atoms with Gasteiger partial charge in [0.25, 0.3) is 0 Å². The van der Waals surface area contributed by atoms with Gasteiger partial charge in [-0.15, -0.1) is 0 Å². The van der Waals surface area contributed by atoms with E-state index >= 15 is 0 Å². The van der Waals surface area contributed by atoms with Gasteiger partial charge in [-0.05, 0) is 18.6 Å². The van der Waals surface area contributed by atoms with Gasteiger partial charge in [0.15, 0.2) is 5.75 Å². The van der Waals surface area contributed by atoms with E-state index in [9.17, 15) is 0 Å². The number of aromatic nitrogens is 2. The van der Waals surface area contributed by atoms with Gasteiger partial charge < -0.3 is 15.4 Å². The number of aryl methyl sites for hydroxylation is 1. The molecule has 0 aliphatic heterocycles. The number of para-hydroxylation sites is 1. The highest BCUT2D eigenvalue weighted by atomic mass is 16.5. The van der Waals surface area contributed by atoms with Gasteiger partial charge in [-0.2, -0.15) is 4.98 Å². The Bertz CT molecular complexity index is 554. The largest absolute Gasteiger partial charge is 0.437 e. The van der Waals surface area contributed by atoms with Crippen molar-refractivity contribution in [2.45, 2.75) is 6.92 Å². The van der Waals surface area contributed by atoms with E-state index in [1.54, 1.807) is 12.3 Å². The average molecular weight is 244 g/mol. The van der Waals surface area contributed by atoms with Crippen LogP contribution in [0.1, 0.15) is 5.56 Å². The van der Waals surface area contributed by atoms with E-state index in [1.165, 1.54) is 0 Å². The fraction of sp³-hybridized carbons (Fsp3) is 0.231. The van der Waals surface area contributed by atoms with Crippen LogP contribution in [0.2, 0.25) is 0 Å². The number of nitrogens with two attached hydrogens (primary N) is 1. The first-order valence-corrected chi connectivity index (χ1v) is 5.61. The summed E-state index contributed by atoms with van der Waals surface area (Å²) in [7, 11) is 3.75. The van der Waals surface area contributed by atoms with Crippen molar-refractivity contribution in [3.63, 3.8) is 0 Å². The molecule has 0 radical (unpaired) electrons. The van der Waals surface area contributed by atoms with Crippen LogP contribution in [0.5, 0.6) is 11.6 Å². The molecule has 0 fully saturated rings. The average Bonchev–Trinajstić information content (AvgIpc) is 2.35. The van der Waals surface area contributed by atoms with Crippen LogP contribution < -0.4 is 15.4 Å². The predicted molar refractivity (Wildman–Crippen MR) is 72.0 cm³/mol. The Hall–Kier alpha value is -2.30. The first kappa shape index (κ1) is 12.2. The first-order chi connectivity index (χ1) is 8.58. The van der Waals surface area contributed by atoms with Gasteiger partial charge in [0.05, 0.1) is 5.69 Å². The van der Waals surface area contributed by atoms with Crippen molar-refractivity contribution < 1.29 is 4.74 Å². The van der Waals surface area contributed by atoms with Crippen molar-refractivity contribution in [1.82, 2.24) is 9.97 Å². The third-order valence-electron chi connectivity index (χ3n) is 2.52. The number of hydrogen-bond donors (Lipinski definition) is 1. The van der Waals surface area contributed by atoms with Gasteiger partial charge in [-0.25, -0.2) is 4.98 Å². The number of benzene rings is 1. The minimum atomic E-state index is 0.478. The Morgan fingerprint density at radius 2 is 2.00 bits per heavy atom. The number of nitrogens with zero attached hydrogens (tertiary/aromatic N) is 3. The van der Waals surface area contributed by atoms with Crippen molar-refractivity contribution >= 4 is 11.6 Å². The molecule has 1 aromatic heterocycles. The summed E-state index contributed by atoms with van der Waals surface area (Å²) < 4.78 is 5.68. The fourth-order valence-electron chi connectivity index (χ4n) is 1.46. The molecule has 0 aliphatic carbocycles. The quantitative estimate of drug-likeness (QED) is 0.839. The lowest BCUT2D eigenvalue weighted by atomic mass is 10.2. The molecule has 1 aromatic carbocycles. The number of rotatable bonds is 3. The molecule has 0 amide bonds. The lowest BCUT2D eigenvalue weighted by Crippen LogP contribution is -2.12. The van der Waals surface area contributed by atoms with Crippen LogP contribution in [0.4, 0.5) is 11.6 Å².